The Morgan fingerprint density at radius 2 is 1.41 bits per heavy atom. The van der Waals surface area contributed by atoms with E-state index in [1.54, 1.807) is 0 Å². The maximum atomic E-state index is 5.19. The maximum absolute atomic E-state index is 5.19. The van der Waals surface area contributed by atoms with Crippen LogP contribution in [0.3, 0.4) is 0 Å². The van der Waals surface area contributed by atoms with Gasteiger partial charge in [-0.1, -0.05) is 32.1 Å². The van der Waals surface area contributed by atoms with Gasteiger partial charge >= 0.3 is 0 Å². The molecule has 17 heavy (non-hydrogen) atoms. The van der Waals surface area contributed by atoms with E-state index in [0.717, 1.165) is 19.0 Å². The van der Waals surface area contributed by atoms with Crippen LogP contribution in [0.2, 0.25) is 0 Å². The van der Waals surface area contributed by atoms with Gasteiger partial charge in [-0.25, -0.2) is 0 Å². The molecule has 0 bridgehead atoms. The van der Waals surface area contributed by atoms with Gasteiger partial charge < -0.3 is 15.5 Å². The number of hydrogen-bond donors (Lipinski definition) is 1. The van der Waals surface area contributed by atoms with Crippen molar-refractivity contribution in [2.45, 2.75) is 38.5 Å². The fourth-order valence-corrected chi connectivity index (χ4v) is 2.17. The molecule has 0 atom stereocenters. The van der Waals surface area contributed by atoms with Gasteiger partial charge in [-0.05, 0) is 47.1 Å². The lowest BCUT2D eigenvalue weighted by Gasteiger charge is -2.22. The molecule has 0 aromatic rings. The van der Waals surface area contributed by atoms with Gasteiger partial charge in [-0.15, -0.1) is 0 Å². The fraction of sp³-hybridized carbons (Fsp3) is 1.00. The molecule has 2 N–H and O–H groups in total. The summed E-state index contributed by atoms with van der Waals surface area (Å²) in [6, 6.07) is 0. The minimum absolute atomic E-state index is 0.757. The zero-order valence-electron chi connectivity index (χ0n) is 12.4. The summed E-state index contributed by atoms with van der Waals surface area (Å²) < 4.78 is 0. The Kier molecular flexibility index (Phi) is 10.9. The molecule has 3 nitrogen and oxygen atoms in total. The monoisotopic (exact) mass is 243 g/mol. The van der Waals surface area contributed by atoms with E-state index in [9.17, 15) is 0 Å². The smallest absolute Gasteiger partial charge is 0.00985 e. The molecule has 0 aromatic heterocycles. The number of hydrogen-bond acceptors (Lipinski definition) is 3. The molecule has 0 spiro atoms. The first kappa shape index (κ1) is 16.9. The van der Waals surface area contributed by atoms with Gasteiger partial charge in [0.05, 0.1) is 0 Å². The Bertz CT molecular complexity index is 152. The Morgan fingerprint density at radius 3 is 1.76 bits per heavy atom. The number of likely N-dealkylation sites (N-methyl/N-ethyl adjacent to an activating group) is 1. The SMILES string of the molecule is CN(C)CCC1CCCCC1.CN(C)CCN. The van der Waals surface area contributed by atoms with Crippen molar-refractivity contribution in [3.8, 4) is 0 Å². The molecule has 0 radical (unpaired) electrons. The lowest BCUT2D eigenvalue weighted by atomic mass is 9.87. The summed E-state index contributed by atoms with van der Waals surface area (Å²) in [5.41, 5.74) is 5.19. The van der Waals surface area contributed by atoms with Crippen LogP contribution in [0, 0.1) is 5.92 Å². The maximum Gasteiger partial charge on any atom is 0.00985 e. The molecule has 0 amide bonds. The molecular weight excluding hydrogens is 210 g/mol. The van der Waals surface area contributed by atoms with Crippen LogP contribution >= 0.6 is 0 Å². The van der Waals surface area contributed by atoms with Crippen LogP contribution < -0.4 is 5.73 Å². The Morgan fingerprint density at radius 1 is 0.882 bits per heavy atom. The first-order chi connectivity index (χ1) is 8.06. The van der Waals surface area contributed by atoms with E-state index in [-0.39, 0.29) is 0 Å². The molecule has 0 heterocycles. The van der Waals surface area contributed by atoms with Crippen molar-refractivity contribution in [2.75, 3.05) is 47.8 Å². The van der Waals surface area contributed by atoms with E-state index in [4.69, 9.17) is 5.73 Å². The first-order valence-electron chi connectivity index (χ1n) is 7.05. The summed E-state index contributed by atoms with van der Waals surface area (Å²) in [4.78, 5) is 4.36. The average Bonchev–Trinajstić information content (AvgIpc) is 2.28. The van der Waals surface area contributed by atoms with Crippen molar-refractivity contribution in [2.24, 2.45) is 11.7 Å². The molecule has 0 aliphatic heterocycles. The minimum atomic E-state index is 0.757. The van der Waals surface area contributed by atoms with Gasteiger partial charge in [-0.2, -0.15) is 0 Å². The summed E-state index contributed by atoms with van der Waals surface area (Å²) >= 11 is 0. The third-order valence-corrected chi connectivity index (χ3v) is 3.29. The predicted octanol–water partition coefficient (Wildman–Crippen LogP) is 2.03. The van der Waals surface area contributed by atoms with E-state index in [1.807, 2.05) is 14.1 Å². The number of rotatable bonds is 5. The second-order valence-electron chi connectivity index (χ2n) is 5.69. The molecular formula is C14H33N3. The third-order valence-electron chi connectivity index (χ3n) is 3.29. The highest BCUT2D eigenvalue weighted by Gasteiger charge is 2.12. The molecule has 1 aliphatic carbocycles. The molecule has 1 rings (SSSR count). The average molecular weight is 243 g/mol. The molecule has 0 saturated heterocycles. The molecule has 1 aliphatic rings. The topological polar surface area (TPSA) is 32.5 Å². The van der Waals surface area contributed by atoms with Crippen LogP contribution in [0.25, 0.3) is 0 Å². The van der Waals surface area contributed by atoms with E-state index in [0.29, 0.717) is 0 Å². The number of nitrogens with zero attached hydrogens (tertiary/aromatic N) is 2. The van der Waals surface area contributed by atoms with Crippen LogP contribution in [-0.2, 0) is 0 Å². The quantitative estimate of drug-likeness (QED) is 0.802. The standard InChI is InChI=1S/C10H21N.C4H12N2/c1-11(2)9-8-10-6-4-3-5-7-10;1-6(2)4-3-5/h10H,3-9H2,1-2H3;3-5H2,1-2H3. The van der Waals surface area contributed by atoms with Crippen molar-refractivity contribution >= 4 is 0 Å². The molecule has 0 unspecified atom stereocenters. The Hall–Kier alpha value is -0.120. The van der Waals surface area contributed by atoms with Crippen LogP contribution in [0.15, 0.2) is 0 Å². The molecule has 0 aromatic carbocycles. The Labute approximate surface area is 108 Å². The van der Waals surface area contributed by atoms with E-state index in [2.05, 4.69) is 23.9 Å². The second-order valence-corrected chi connectivity index (χ2v) is 5.69. The van der Waals surface area contributed by atoms with Gasteiger partial charge in [0.2, 0.25) is 0 Å². The number of nitrogens with two attached hydrogens (primary N) is 1. The van der Waals surface area contributed by atoms with E-state index >= 15 is 0 Å². The highest BCUT2D eigenvalue weighted by atomic mass is 15.1. The van der Waals surface area contributed by atoms with Gasteiger partial charge in [-0.3, -0.25) is 0 Å². The second kappa shape index (κ2) is 11.0. The zero-order valence-corrected chi connectivity index (χ0v) is 12.4. The third kappa shape index (κ3) is 12.1. The normalized spacial score (nSPS) is 17.1. The van der Waals surface area contributed by atoms with Crippen molar-refractivity contribution in [3.63, 3.8) is 0 Å². The van der Waals surface area contributed by atoms with E-state index < -0.39 is 0 Å². The predicted molar refractivity (Wildman–Crippen MR) is 77.4 cm³/mol. The zero-order chi connectivity index (χ0) is 13.1. The van der Waals surface area contributed by atoms with Crippen molar-refractivity contribution < 1.29 is 0 Å². The molecule has 3 heteroatoms. The fourth-order valence-electron chi connectivity index (χ4n) is 2.17. The molecule has 104 valence electrons. The van der Waals surface area contributed by atoms with Crippen molar-refractivity contribution in [1.82, 2.24) is 9.80 Å². The first-order valence-corrected chi connectivity index (χ1v) is 7.05. The summed E-state index contributed by atoms with van der Waals surface area (Å²) in [6.07, 6.45) is 8.86. The van der Waals surface area contributed by atoms with Crippen LogP contribution in [0.1, 0.15) is 38.5 Å². The molecule has 1 saturated carbocycles. The van der Waals surface area contributed by atoms with E-state index in [1.165, 1.54) is 45.1 Å². The van der Waals surface area contributed by atoms with Gasteiger partial charge in [0.1, 0.15) is 0 Å². The summed E-state index contributed by atoms with van der Waals surface area (Å²) in [5, 5.41) is 0. The highest BCUT2D eigenvalue weighted by Crippen LogP contribution is 2.25. The van der Waals surface area contributed by atoms with Crippen LogP contribution in [0.4, 0.5) is 0 Å². The largest absolute Gasteiger partial charge is 0.329 e. The van der Waals surface area contributed by atoms with Gasteiger partial charge in [0.15, 0.2) is 0 Å². The van der Waals surface area contributed by atoms with Crippen molar-refractivity contribution in [1.29, 1.82) is 0 Å². The van der Waals surface area contributed by atoms with Gasteiger partial charge in [0.25, 0.3) is 0 Å². The van der Waals surface area contributed by atoms with Crippen LogP contribution in [-0.4, -0.2) is 57.6 Å². The summed E-state index contributed by atoms with van der Waals surface area (Å²) in [7, 11) is 8.35. The minimum Gasteiger partial charge on any atom is -0.329 e. The lowest BCUT2D eigenvalue weighted by molar-refractivity contribution is 0.291. The molecule has 1 fully saturated rings. The summed E-state index contributed by atoms with van der Waals surface area (Å²) in [5.74, 6) is 1.05. The van der Waals surface area contributed by atoms with Gasteiger partial charge in [0, 0.05) is 13.1 Å². The lowest BCUT2D eigenvalue weighted by Crippen LogP contribution is -2.20. The Balaban J connectivity index is 0.000000366. The van der Waals surface area contributed by atoms with Crippen LogP contribution in [0.5, 0.6) is 0 Å². The van der Waals surface area contributed by atoms with Crippen molar-refractivity contribution in [3.05, 3.63) is 0 Å². The highest BCUT2D eigenvalue weighted by molar-refractivity contribution is 4.66. The summed E-state index contributed by atoms with van der Waals surface area (Å²) in [6.45, 7) is 3.03.